The van der Waals surface area contributed by atoms with Crippen molar-refractivity contribution in [1.82, 2.24) is 0 Å². The van der Waals surface area contributed by atoms with Gasteiger partial charge in [-0.25, -0.2) is 0 Å². The van der Waals surface area contributed by atoms with Crippen LogP contribution in [0.3, 0.4) is 0 Å². The number of anilines is 1. The second-order valence-corrected chi connectivity index (χ2v) is 3.22. The maximum Gasteiger partial charge on any atom is 0.250 e. The lowest BCUT2D eigenvalue weighted by atomic mass is 10.1. The molecular formula is C11H14N2O. The van der Waals surface area contributed by atoms with E-state index in [9.17, 15) is 4.79 Å². The number of rotatable bonds is 4. The summed E-state index contributed by atoms with van der Waals surface area (Å²) in [5, 5.41) is 3.09. The van der Waals surface area contributed by atoms with E-state index in [1.54, 1.807) is 12.1 Å². The number of carbonyl (C=O) groups excluding carboxylic acids is 1. The van der Waals surface area contributed by atoms with Gasteiger partial charge in [-0.05, 0) is 19.1 Å². The summed E-state index contributed by atoms with van der Waals surface area (Å²) in [6.45, 7) is 6.33. The van der Waals surface area contributed by atoms with Crippen LogP contribution in [0.2, 0.25) is 0 Å². The molecule has 0 atom stereocenters. The molecule has 1 aromatic carbocycles. The molecule has 0 aliphatic rings. The van der Waals surface area contributed by atoms with E-state index in [-0.39, 0.29) is 0 Å². The van der Waals surface area contributed by atoms with Crippen LogP contribution in [0.5, 0.6) is 0 Å². The van der Waals surface area contributed by atoms with Crippen LogP contribution in [0, 0.1) is 0 Å². The number of amides is 1. The summed E-state index contributed by atoms with van der Waals surface area (Å²) in [6, 6.07) is 7.16. The normalized spacial score (nSPS) is 9.50. The van der Waals surface area contributed by atoms with Crippen molar-refractivity contribution in [2.75, 3.05) is 11.9 Å². The number of hydrogen-bond acceptors (Lipinski definition) is 2. The number of benzene rings is 1. The van der Waals surface area contributed by atoms with Crippen molar-refractivity contribution >= 4 is 11.6 Å². The van der Waals surface area contributed by atoms with Crippen LogP contribution in [0.25, 0.3) is 0 Å². The number of carbonyl (C=O) groups is 1. The summed E-state index contributed by atoms with van der Waals surface area (Å²) in [4.78, 5) is 11.0. The third-order valence-corrected chi connectivity index (χ3v) is 1.77. The smallest absolute Gasteiger partial charge is 0.250 e. The first-order valence-electron chi connectivity index (χ1n) is 4.38. The van der Waals surface area contributed by atoms with Crippen molar-refractivity contribution in [2.45, 2.75) is 6.92 Å². The van der Waals surface area contributed by atoms with Crippen LogP contribution in [-0.4, -0.2) is 12.5 Å². The number of nitrogens with one attached hydrogen (secondary N) is 1. The zero-order valence-electron chi connectivity index (χ0n) is 8.21. The molecule has 0 bridgehead atoms. The fourth-order valence-electron chi connectivity index (χ4n) is 1.10. The molecule has 3 N–H and O–H groups in total. The van der Waals surface area contributed by atoms with E-state index in [0.29, 0.717) is 12.1 Å². The fourth-order valence-corrected chi connectivity index (χ4v) is 1.10. The van der Waals surface area contributed by atoms with Crippen molar-refractivity contribution in [3.05, 3.63) is 42.0 Å². The summed E-state index contributed by atoms with van der Waals surface area (Å²) < 4.78 is 0. The highest BCUT2D eigenvalue weighted by atomic mass is 16.1. The lowest BCUT2D eigenvalue weighted by Crippen LogP contribution is -2.14. The predicted octanol–water partition coefficient (Wildman–Crippen LogP) is 1.77. The minimum Gasteiger partial charge on any atom is -0.381 e. The van der Waals surface area contributed by atoms with Gasteiger partial charge in [0.05, 0.1) is 5.56 Å². The molecule has 0 aromatic heterocycles. The zero-order valence-corrected chi connectivity index (χ0v) is 8.21. The minimum absolute atomic E-state index is 0.421. The quantitative estimate of drug-likeness (QED) is 0.711. The van der Waals surface area contributed by atoms with Crippen LogP contribution in [0.4, 0.5) is 5.69 Å². The third kappa shape index (κ3) is 2.62. The van der Waals surface area contributed by atoms with Crippen LogP contribution in [-0.2, 0) is 0 Å². The van der Waals surface area contributed by atoms with E-state index in [1.807, 2.05) is 19.1 Å². The van der Waals surface area contributed by atoms with Gasteiger partial charge in [-0.2, -0.15) is 0 Å². The molecule has 1 amide bonds. The Hall–Kier alpha value is -1.77. The molecule has 0 heterocycles. The molecule has 0 saturated carbocycles. The van der Waals surface area contributed by atoms with Gasteiger partial charge in [-0.3, -0.25) is 4.79 Å². The van der Waals surface area contributed by atoms with Crippen LogP contribution < -0.4 is 11.1 Å². The number of para-hydroxylation sites is 1. The summed E-state index contributed by atoms with van der Waals surface area (Å²) in [5.74, 6) is -0.421. The molecule has 3 heteroatoms. The predicted molar refractivity (Wildman–Crippen MR) is 58.3 cm³/mol. The van der Waals surface area contributed by atoms with Crippen LogP contribution in [0.1, 0.15) is 17.3 Å². The summed E-state index contributed by atoms with van der Waals surface area (Å²) in [6.07, 6.45) is 0. The summed E-state index contributed by atoms with van der Waals surface area (Å²) in [5.41, 5.74) is 7.48. The first-order valence-corrected chi connectivity index (χ1v) is 4.38. The number of primary amides is 1. The van der Waals surface area contributed by atoms with Crippen molar-refractivity contribution < 1.29 is 4.79 Å². The molecule has 3 nitrogen and oxygen atoms in total. The second kappa shape index (κ2) is 4.46. The Balaban J connectivity index is 2.84. The van der Waals surface area contributed by atoms with E-state index in [1.165, 1.54) is 0 Å². The highest BCUT2D eigenvalue weighted by Crippen LogP contribution is 2.14. The fraction of sp³-hybridized carbons (Fsp3) is 0.182. The standard InChI is InChI=1S/C11H14N2O/c1-8(2)7-13-10-6-4-3-5-9(10)11(12)14/h3-6,13H,1,7H2,2H3,(H2,12,14). The Morgan fingerprint density at radius 1 is 1.50 bits per heavy atom. The van der Waals surface area contributed by atoms with Gasteiger partial charge in [0, 0.05) is 12.2 Å². The highest BCUT2D eigenvalue weighted by molar-refractivity contribution is 5.98. The second-order valence-electron chi connectivity index (χ2n) is 3.22. The van der Waals surface area contributed by atoms with Gasteiger partial charge in [-0.15, -0.1) is 0 Å². The van der Waals surface area contributed by atoms with Gasteiger partial charge in [-0.1, -0.05) is 24.3 Å². The molecule has 1 rings (SSSR count). The maximum atomic E-state index is 11.0. The Kier molecular flexibility index (Phi) is 3.29. The van der Waals surface area contributed by atoms with Crippen molar-refractivity contribution in [2.24, 2.45) is 5.73 Å². The molecule has 14 heavy (non-hydrogen) atoms. The van der Waals surface area contributed by atoms with Crippen molar-refractivity contribution in [1.29, 1.82) is 0 Å². The van der Waals surface area contributed by atoms with E-state index in [4.69, 9.17) is 5.73 Å². The Morgan fingerprint density at radius 3 is 2.71 bits per heavy atom. The molecule has 74 valence electrons. The van der Waals surface area contributed by atoms with Crippen molar-refractivity contribution in [3.8, 4) is 0 Å². The van der Waals surface area contributed by atoms with E-state index in [0.717, 1.165) is 11.3 Å². The monoisotopic (exact) mass is 190 g/mol. The molecule has 0 radical (unpaired) electrons. The summed E-state index contributed by atoms with van der Waals surface area (Å²) in [7, 11) is 0. The van der Waals surface area contributed by atoms with E-state index >= 15 is 0 Å². The lowest BCUT2D eigenvalue weighted by molar-refractivity contribution is 0.100. The molecular weight excluding hydrogens is 176 g/mol. The molecule has 0 spiro atoms. The molecule has 0 saturated heterocycles. The van der Waals surface area contributed by atoms with Gasteiger partial charge in [0.25, 0.3) is 5.91 Å². The first kappa shape index (κ1) is 10.3. The first-order chi connectivity index (χ1) is 6.61. The Bertz CT molecular complexity index is 358. The Labute approximate surface area is 83.6 Å². The van der Waals surface area contributed by atoms with Gasteiger partial charge in [0.15, 0.2) is 0 Å². The lowest BCUT2D eigenvalue weighted by Gasteiger charge is -2.09. The van der Waals surface area contributed by atoms with Gasteiger partial charge in [0.1, 0.15) is 0 Å². The zero-order chi connectivity index (χ0) is 10.6. The molecule has 0 unspecified atom stereocenters. The average Bonchev–Trinajstić information content (AvgIpc) is 2.15. The molecule has 0 aliphatic heterocycles. The van der Waals surface area contributed by atoms with Crippen molar-refractivity contribution in [3.63, 3.8) is 0 Å². The van der Waals surface area contributed by atoms with E-state index < -0.39 is 5.91 Å². The van der Waals surface area contributed by atoms with Gasteiger partial charge < -0.3 is 11.1 Å². The highest BCUT2D eigenvalue weighted by Gasteiger charge is 2.05. The van der Waals surface area contributed by atoms with Gasteiger partial charge >= 0.3 is 0 Å². The average molecular weight is 190 g/mol. The maximum absolute atomic E-state index is 11.0. The van der Waals surface area contributed by atoms with E-state index in [2.05, 4.69) is 11.9 Å². The summed E-state index contributed by atoms with van der Waals surface area (Å²) >= 11 is 0. The third-order valence-electron chi connectivity index (χ3n) is 1.77. The van der Waals surface area contributed by atoms with Crippen LogP contribution in [0.15, 0.2) is 36.4 Å². The minimum atomic E-state index is -0.421. The largest absolute Gasteiger partial charge is 0.381 e. The SMILES string of the molecule is C=C(C)CNc1ccccc1C(N)=O. The molecule has 1 aromatic rings. The topological polar surface area (TPSA) is 55.1 Å². The number of nitrogens with two attached hydrogens (primary N) is 1. The molecule has 0 aliphatic carbocycles. The van der Waals surface area contributed by atoms with Crippen LogP contribution >= 0.6 is 0 Å². The number of hydrogen-bond donors (Lipinski definition) is 2. The molecule has 0 fully saturated rings. The Morgan fingerprint density at radius 2 is 2.14 bits per heavy atom. The van der Waals surface area contributed by atoms with Gasteiger partial charge in [0.2, 0.25) is 0 Å².